The van der Waals surface area contributed by atoms with Gasteiger partial charge in [0.1, 0.15) is 0 Å². The van der Waals surface area contributed by atoms with Gasteiger partial charge in [-0.2, -0.15) is 0 Å². The van der Waals surface area contributed by atoms with Crippen LogP contribution in [0.1, 0.15) is 31.2 Å². The highest BCUT2D eigenvalue weighted by molar-refractivity contribution is 7.89. The Labute approximate surface area is 114 Å². The maximum absolute atomic E-state index is 11.5. The number of rotatable bonds is 3. The number of hydrogen-bond acceptors (Lipinski definition) is 4. The molecule has 5 N–H and O–H groups in total. The van der Waals surface area contributed by atoms with E-state index in [0.717, 1.165) is 31.4 Å². The molecule has 2 rings (SSSR count). The smallest absolute Gasteiger partial charge is 0.238 e. The Kier molecular flexibility index (Phi) is 4.13. The molecule has 19 heavy (non-hydrogen) atoms. The normalized spacial score (nSPS) is 24.2. The third-order valence-electron chi connectivity index (χ3n) is 3.67. The zero-order valence-corrected chi connectivity index (χ0v) is 11.9. The van der Waals surface area contributed by atoms with Gasteiger partial charge < -0.3 is 11.1 Å². The minimum atomic E-state index is -3.67. The van der Waals surface area contributed by atoms with Crippen LogP contribution in [-0.4, -0.2) is 20.5 Å². The fourth-order valence-electron chi connectivity index (χ4n) is 2.66. The van der Waals surface area contributed by atoms with Crippen molar-refractivity contribution in [3.05, 3.63) is 23.8 Å². The third-order valence-corrected chi connectivity index (χ3v) is 4.72. The summed E-state index contributed by atoms with van der Waals surface area (Å²) < 4.78 is 23.0. The van der Waals surface area contributed by atoms with Crippen LogP contribution in [0, 0.1) is 6.92 Å². The number of anilines is 1. The summed E-state index contributed by atoms with van der Waals surface area (Å²) in [5.41, 5.74) is 7.46. The first-order valence-corrected chi connectivity index (χ1v) is 8.07. The first-order valence-electron chi connectivity index (χ1n) is 6.52. The number of nitrogens with two attached hydrogens (primary N) is 2. The fraction of sp³-hybridized carbons (Fsp3) is 0.538. The van der Waals surface area contributed by atoms with E-state index in [1.165, 1.54) is 6.07 Å². The monoisotopic (exact) mass is 283 g/mol. The van der Waals surface area contributed by atoms with E-state index in [4.69, 9.17) is 10.9 Å². The molecule has 1 aliphatic rings. The van der Waals surface area contributed by atoms with Crippen molar-refractivity contribution in [2.45, 2.75) is 49.6 Å². The Morgan fingerprint density at radius 2 is 2.05 bits per heavy atom. The second-order valence-corrected chi connectivity index (χ2v) is 6.77. The molecule has 1 aromatic carbocycles. The van der Waals surface area contributed by atoms with Gasteiger partial charge in [-0.1, -0.05) is 6.07 Å². The molecule has 2 atom stereocenters. The highest BCUT2D eigenvalue weighted by atomic mass is 32.2. The Morgan fingerprint density at radius 1 is 1.32 bits per heavy atom. The highest BCUT2D eigenvalue weighted by Crippen LogP contribution is 2.26. The molecular formula is C13H21N3O2S. The van der Waals surface area contributed by atoms with Gasteiger partial charge >= 0.3 is 0 Å². The lowest BCUT2D eigenvalue weighted by atomic mass is 9.91. The summed E-state index contributed by atoms with van der Waals surface area (Å²) in [6, 6.07) is 5.65. The maximum atomic E-state index is 11.5. The van der Waals surface area contributed by atoms with Crippen LogP contribution in [0.2, 0.25) is 0 Å². The van der Waals surface area contributed by atoms with E-state index in [9.17, 15) is 8.42 Å². The third kappa shape index (κ3) is 3.46. The van der Waals surface area contributed by atoms with Gasteiger partial charge in [-0.15, -0.1) is 0 Å². The molecule has 0 heterocycles. The summed E-state index contributed by atoms with van der Waals surface area (Å²) in [5.74, 6) is 0. The molecule has 0 bridgehead atoms. The largest absolute Gasteiger partial charge is 0.382 e. The van der Waals surface area contributed by atoms with Gasteiger partial charge in [-0.25, -0.2) is 13.6 Å². The summed E-state index contributed by atoms with van der Waals surface area (Å²) in [6.45, 7) is 1.77. The average molecular weight is 283 g/mol. The fourth-order valence-corrected chi connectivity index (χ4v) is 3.46. The molecule has 0 amide bonds. The van der Waals surface area contributed by atoms with E-state index in [-0.39, 0.29) is 10.9 Å². The number of sulfonamides is 1. The Hall–Kier alpha value is -1.11. The lowest BCUT2D eigenvalue weighted by molar-refractivity contribution is 0.409. The molecule has 0 spiro atoms. The molecule has 106 valence electrons. The summed E-state index contributed by atoms with van der Waals surface area (Å²) >= 11 is 0. The number of benzene rings is 1. The Morgan fingerprint density at radius 3 is 2.68 bits per heavy atom. The van der Waals surface area contributed by atoms with Crippen LogP contribution >= 0.6 is 0 Å². The second kappa shape index (κ2) is 5.48. The van der Waals surface area contributed by atoms with Gasteiger partial charge in [0.15, 0.2) is 0 Å². The molecule has 0 saturated heterocycles. The maximum Gasteiger partial charge on any atom is 0.238 e. The van der Waals surface area contributed by atoms with E-state index in [0.29, 0.717) is 11.6 Å². The van der Waals surface area contributed by atoms with Crippen LogP contribution in [0.15, 0.2) is 23.1 Å². The molecule has 0 aliphatic heterocycles. The van der Waals surface area contributed by atoms with E-state index in [1.807, 2.05) is 6.07 Å². The van der Waals surface area contributed by atoms with Crippen molar-refractivity contribution >= 4 is 15.7 Å². The van der Waals surface area contributed by atoms with Crippen molar-refractivity contribution in [1.82, 2.24) is 0 Å². The molecule has 2 unspecified atom stereocenters. The van der Waals surface area contributed by atoms with Crippen LogP contribution < -0.4 is 16.2 Å². The predicted molar refractivity (Wildman–Crippen MR) is 76.4 cm³/mol. The average Bonchev–Trinajstić information content (AvgIpc) is 2.30. The van der Waals surface area contributed by atoms with E-state index in [1.54, 1.807) is 13.0 Å². The SMILES string of the molecule is Cc1c(NC2CCCC(N)C2)cccc1S(N)(=O)=O. The summed E-state index contributed by atoms with van der Waals surface area (Å²) in [7, 11) is -3.67. The van der Waals surface area contributed by atoms with Gasteiger partial charge in [0, 0.05) is 17.8 Å². The van der Waals surface area contributed by atoms with Crippen molar-refractivity contribution in [3.63, 3.8) is 0 Å². The molecular weight excluding hydrogens is 262 g/mol. The Balaban J connectivity index is 2.21. The molecule has 5 nitrogen and oxygen atoms in total. The van der Waals surface area contributed by atoms with Crippen LogP contribution in [0.3, 0.4) is 0 Å². The second-order valence-electron chi connectivity index (χ2n) is 5.24. The summed E-state index contributed by atoms with van der Waals surface area (Å²) in [5, 5.41) is 8.60. The van der Waals surface area contributed by atoms with Crippen LogP contribution in [0.25, 0.3) is 0 Å². The summed E-state index contributed by atoms with van der Waals surface area (Å²) in [6.07, 6.45) is 4.15. The number of hydrogen-bond donors (Lipinski definition) is 3. The molecule has 1 fully saturated rings. The Bertz CT molecular complexity index is 557. The van der Waals surface area contributed by atoms with Crippen molar-refractivity contribution in [3.8, 4) is 0 Å². The highest BCUT2D eigenvalue weighted by Gasteiger charge is 2.20. The minimum absolute atomic E-state index is 0.178. The molecule has 1 aromatic rings. The molecule has 0 radical (unpaired) electrons. The zero-order valence-electron chi connectivity index (χ0n) is 11.1. The van der Waals surface area contributed by atoms with Gasteiger partial charge in [0.25, 0.3) is 0 Å². The van der Waals surface area contributed by atoms with Crippen LogP contribution in [-0.2, 0) is 10.0 Å². The zero-order chi connectivity index (χ0) is 14.0. The van der Waals surface area contributed by atoms with Crippen molar-refractivity contribution in [2.75, 3.05) is 5.32 Å². The van der Waals surface area contributed by atoms with Crippen molar-refractivity contribution in [2.24, 2.45) is 10.9 Å². The van der Waals surface area contributed by atoms with E-state index < -0.39 is 10.0 Å². The van der Waals surface area contributed by atoms with E-state index >= 15 is 0 Å². The molecule has 6 heteroatoms. The van der Waals surface area contributed by atoms with Crippen LogP contribution in [0.5, 0.6) is 0 Å². The van der Waals surface area contributed by atoms with Crippen molar-refractivity contribution in [1.29, 1.82) is 0 Å². The van der Waals surface area contributed by atoms with Gasteiger partial charge in [-0.05, 0) is 50.3 Å². The lowest BCUT2D eigenvalue weighted by Gasteiger charge is -2.29. The predicted octanol–water partition coefficient (Wildman–Crippen LogP) is 1.32. The first kappa shape index (κ1) is 14.3. The number of nitrogens with one attached hydrogen (secondary N) is 1. The lowest BCUT2D eigenvalue weighted by Crippen LogP contribution is -2.35. The minimum Gasteiger partial charge on any atom is -0.382 e. The standard InChI is InChI=1S/C13H21N3O2S/c1-9-12(6-3-7-13(9)19(15,17)18)16-11-5-2-4-10(14)8-11/h3,6-7,10-11,16H,2,4-5,8,14H2,1H3,(H2,15,17,18). The van der Waals surface area contributed by atoms with Crippen molar-refractivity contribution < 1.29 is 8.42 Å². The molecule has 0 aromatic heterocycles. The van der Waals surface area contributed by atoms with Gasteiger partial charge in [-0.3, -0.25) is 0 Å². The quantitative estimate of drug-likeness (QED) is 0.779. The molecule has 1 aliphatic carbocycles. The topological polar surface area (TPSA) is 98.2 Å². The van der Waals surface area contributed by atoms with Gasteiger partial charge in [0.2, 0.25) is 10.0 Å². The first-order chi connectivity index (χ1) is 8.88. The molecule has 1 saturated carbocycles. The van der Waals surface area contributed by atoms with E-state index in [2.05, 4.69) is 5.32 Å². The van der Waals surface area contributed by atoms with Gasteiger partial charge in [0.05, 0.1) is 4.90 Å². The summed E-state index contributed by atoms with van der Waals surface area (Å²) in [4.78, 5) is 0.178. The number of primary sulfonamides is 1. The van der Waals surface area contributed by atoms with Crippen LogP contribution in [0.4, 0.5) is 5.69 Å².